The van der Waals surface area contributed by atoms with E-state index in [9.17, 15) is 4.79 Å². The number of rotatable bonds is 4. The van der Waals surface area contributed by atoms with Gasteiger partial charge < -0.3 is 15.3 Å². The normalized spacial score (nSPS) is 20.3. The van der Waals surface area contributed by atoms with Crippen LogP contribution in [-0.4, -0.2) is 48.2 Å². The Morgan fingerprint density at radius 3 is 2.60 bits per heavy atom. The number of likely N-dealkylation sites (tertiary alicyclic amines) is 1. The Morgan fingerprint density at radius 1 is 1.53 bits per heavy atom. The molecule has 0 aromatic carbocycles. The molecule has 0 bridgehead atoms. The molecule has 1 atom stereocenters. The largest absolute Gasteiger partial charge is 0.394 e. The van der Waals surface area contributed by atoms with Crippen molar-refractivity contribution < 1.29 is 9.90 Å². The van der Waals surface area contributed by atoms with E-state index in [1.807, 2.05) is 11.8 Å². The van der Waals surface area contributed by atoms with Crippen LogP contribution >= 0.6 is 0 Å². The number of amides is 1. The van der Waals surface area contributed by atoms with E-state index in [0.29, 0.717) is 6.54 Å². The van der Waals surface area contributed by atoms with Crippen LogP contribution in [-0.2, 0) is 4.79 Å². The molecule has 0 aliphatic carbocycles. The van der Waals surface area contributed by atoms with Crippen LogP contribution in [0.3, 0.4) is 0 Å². The fourth-order valence-electron chi connectivity index (χ4n) is 1.93. The molecule has 1 aliphatic rings. The number of carbonyl (C=O) groups excluding carboxylic acids is 1. The first-order chi connectivity index (χ1) is 7.19. The maximum atomic E-state index is 11.9. The Balaban J connectivity index is 2.44. The number of carbonyl (C=O) groups is 1. The zero-order valence-corrected chi connectivity index (χ0v) is 9.70. The maximum Gasteiger partial charge on any atom is 0.242 e. The van der Waals surface area contributed by atoms with Crippen molar-refractivity contribution in [3.8, 4) is 0 Å². The van der Waals surface area contributed by atoms with Gasteiger partial charge in [0.2, 0.25) is 5.91 Å². The highest BCUT2D eigenvalue weighted by Gasteiger charge is 2.25. The van der Waals surface area contributed by atoms with Gasteiger partial charge in [-0.15, -0.1) is 0 Å². The minimum Gasteiger partial charge on any atom is -0.394 e. The first-order valence-electron chi connectivity index (χ1n) is 5.82. The minimum atomic E-state index is -0.414. The van der Waals surface area contributed by atoms with E-state index in [1.54, 1.807) is 0 Å². The van der Waals surface area contributed by atoms with Crippen LogP contribution in [0.1, 0.15) is 26.7 Å². The number of piperidine rings is 1. The summed E-state index contributed by atoms with van der Waals surface area (Å²) in [6.07, 6.45) is 2.16. The first kappa shape index (κ1) is 12.5. The molecule has 1 unspecified atom stereocenters. The molecule has 0 saturated carbocycles. The van der Waals surface area contributed by atoms with Gasteiger partial charge in [-0.3, -0.25) is 4.79 Å². The van der Waals surface area contributed by atoms with Crippen molar-refractivity contribution >= 4 is 5.91 Å². The van der Waals surface area contributed by atoms with Crippen molar-refractivity contribution in [2.45, 2.75) is 32.7 Å². The summed E-state index contributed by atoms with van der Waals surface area (Å²) in [5, 5.41) is 12.1. The molecule has 4 heteroatoms. The summed E-state index contributed by atoms with van der Waals surface area (Å²) in [5.41, 5.74) is 0. The maximum absolute atomic E-state index is 11.9. The number of aliphatic hydroxyl groups is 1. The molecule has 15 heavy (non-hydrogen) atoms. The SMILES string of the molecule is CCNC(CO)C(=O)N1CCC(C)CC1. The number of nitrogens with zero attached hydrogens (tertiary/aromatic N) is 1. The van der Waals surface area contributed by atoms with E-state index in [4.69, 9.17) is 5.11 Å². The fraction of sp³-hybridized carbons (Fsp3) is 0.909. The summed E-state index contributed by atoms with van der Waals surface area (Å²) in [4.78, 5) is 13.8. The summed E-state index contributed by atoms with van der Waals surface area (Å²) in [5.74, 6) is 0.770. The molecule has 0 spiro atoms. The summed E-state index contributed by atoms with van der Waals surface area (Å²) in [6.45, 7) is 6.42. The van der Waals surface area contributed by atoms with Gasteiger partial charge in [0.05, 0.1) is 6.61 Å². The Kier molecular flexibility index (Phi) is 5.05. The van der Waals surface area contributed by atoms with E-state index in [0.717, 1.165) is 31.8 Å². The van der Waals surface area contributed by atoms with Crippen molar-refractivity contribution in [2.75, 3.05) is 26.2 Å². The van der Waals surface area contributed by atoms with Crippen molar-refractivity contribution in [1.82, 2.24) is 10.2 Å². The number of hydrogen-bond donors (Lipinski definition) is 2. The highest BCUT2D eigenvalue weighted by atomic mass is 16.3. The van der Waals surface area contributed by atoms with E-state index in [1.165, 1.54) is 0 Å². The Bertz CT molecular complexity index is 201. The topological polar surface area (TPSA) is 52.6 Å². The molecule has 1 rings (SSSR count). The lowest BCUT2D eigenvalue weighted by molar-refractivity contribution is -0.135. The molecule has 0 radical (unpaired) electrons. The van der Waals surface area contributed by atoms with Gasteiger partial charge in [0, 0.05) is 13.1 Å². The standard InChI is InChI=1S/C11H22N2O2/c1-3-12-10(8-14)11(15)13-6-4-9(2)5-7-13/h9-10,12,14H,3-8H2,1-2H3. The van der Waals surface area contributed by atoms with Crippen molar-refractivity contribution in [2.24, 2.45) is 5.92 Å². The lowest BCUT2D eigenvalue weighted by Crippen LogP contribution is -2.50. The lowest BCUT2D eigenvalue weighted by Gasteiger charge is -2.32. The summed E-state index contributed by atoms with van der Waals surface area (Å²) < 4.78 is 0. The zero-order chi connectivity index (χ0) is 11.3. The second-order valence-corrected chi connectivity index (χ2v) is 4.30. The second kappa shape index (κ2) is 6.08. The highest BCUT2D eigenvalue weighted by molar-refractivity contribution is 5.82. The molecule has 2 N–H and O–H groups in total. The van der Waals surface area contributed by atoms with Gasteiger partial charge in [0.25, 0.3) is 0 Å². The Hall–Kier alpha value is -0.610. The van der Waals surface area contributed by atoms with Crippen LogP contribution in [0.5, 0.6) is 0 Å². The molecule has 1 amide bonds. The lowest BCUT2D eigenvalue weighted by atomic mass is 9.99. The molecular formula is C11H22N2O2. The van der Waals surface area contributed by atoms with Gasteiger partial charge in [0.1, 0.15) is 6.04 Å². The Morgan fingerprint density at radius 2 is 2.13 bits per heavy atom. The summed E-state index contributed by atoms with van der Waals surface area (Å²) >= 11 is 0. The molecule has 1 aliphatic heterocycles. The van der Waals surface area contributed by atoms with Crippen LogP contribution in [0.25, 0.3) is 0 Å². The van der Waals surface area contributed by atoms with Gasteiger partial charge in [-0.1, -0.05) is 13.8 Å². The number of likely N-dealkylation sites (N-methyl/N-ethyl adjacent to an activating group) is 1. The fourth-order valence-corrected chi connectivity index (χ4v) is 1.93. The minimum absolute atomic E-state index is 0.0475. The molecule has 88 valence electrons. The average molecular weight is 214 g/mol. The van der Waals surface area contributed by atoms with Crippen LogP contribution in [0, 0.1) is 5.92 Å². The Labute approximate surface area is 91.6 Å². The van der Waals surface area contributed by atoms with Crippen LogP contribution in [0.2, 0.25) is 0 Å². The van der Waals surface area contributed by atoms with Crippen LogP contribution in [0.4, 0.5) is 0 Å². The molecule has 1 fully saturated rings. The van der Waals surface area contributed by atoms with Gasteiger partial charge in [-0.25, -0.2) is 0 Å². The predicted molar refractivity (Wildman–Crippen MR) is 59.5 cm³/mol. The van der Waals surface area contributed by atoms with Crippen molar-refractivity contribution in [1.29, 1.82) is 0 Å². The molecule has 1 heterocycles. The number of nitrogens with one attached hydrogen (secondary N) is 1. The third-order valence-electron chi connectivity index (χ3n) is 3.03. The summed E-state index contributed by atoms with van der Waals surface area (Å²) in [6, 6.07) is -0.414. The molecule has 0 aromatic rings. The van der Waals surface area contributed by atoms with E-state index in [-0.39, 0.29) is 12.5 Å². The smallest absolute Gasteiger partial charge is 0.242 e. The monoisotopic (exact) mass is 214 g/mol. The molecule has 1 saturated heterocycles. The van der Waals surface area contributed by atoms with Crippen molar-refractivity contribution in [3.05, 3.63) is 0 Å². The first-order valence-corrected chi connectivity index (χ1v) is 5.82. The predicted octanol–water partition coefficient (Wildman–Crippen LogP) is 0.215. The number of aliphatic hydroxyl groups excluding tert-OH is 1. The van der Waals surface area contributed by atoms with Gasteiger partial charge >= 0.3 is 0 Å². The van der Waals surface area contributed by atoms with Crippen LogP contribution < -0.4 is 5.32 Å². The average Bonchev–Trinajstić information content (AvgIpc) is 2.26. The third-order valence-corrected chi connectivity index (χ3v) is 3.03. The summed E-state index contributed by atoms with van der Waals surface area (Å²) in [7, 11) is 0. The number of hydrogen-bond acceptors (Lipinski definition) is 3. The van der Waals surface area contributed by atoms with E-state index >= 15 is 0 Å². The van der Waals surface area contributed by atoms with Gasteiger partial charge in [-0.05, 0) is 25.3 Å². The third kappa shape index (κ3) is 3.47. The zero-order valence-electron chi connectivity index (χ0n) is 9.70. The quantitative estimate of drug-likeness (QED) is 0.703. The molecular weight excluding hydrogens is 192 g/mol. The molecule has 0 aromatic heterocycles. The second-order valence-electron chi connectivity index (χ2n) is 4.30. The van der Waals surface area contributed by atoms with Gasteiger partial charge in [-0.2, -0.15) is 0 Å². The van der Waals surface area contributed by atoms with E-state index in [2.05, 4.69) is 12.2 Å². The molecule has 4 nitrogen and oxygen atoms in total. The van der Waals surface area contributed by atoms with Gasteiger partial charge in [0.15, 0.2) is 0 Å². The van der Waals surface area contributed by atoms with Crippen molar-refractivity contribution in [3.63, 3.8) is 0 Å². The highest BCUT2D eigenvalue weighted by Crippen LogP contribution is 2.16. The van der Waals surface area contributed by atoms with Crippen LogP contribution in [0.15, 0.2) is 0 Å². The van der Waals surface area contributed by atoms with E-state index < -0.39 is 6.04 Å².